The van der Waals surface area contributed by atoms with Crippen molar-refractivity contribution in [2.45, 2.75) is 85.0 Å². The van der Waals surface area contributed by atoms with Crippen molar-refractivity contribution in [1.82, 2.24) is 4.98 Å². The van der Waals surface area contributed by atoms with Gasteiger partial charge in [-0.05, 0) is 61.2 Å². The molecule has 216 valence electrons. The maximum atomic E-state index is 12.0. The zero-order valence-corrected chi connectivity index (χ0v) is 26.9. The number of benzene rings is 2. The fourth-order valence-electron chi connectivity index (χ4n) is 3.64. The van der Waals surface area contributed by atoms with Crippen LogP contribution in [-0.2, 0) is 15.1 Å². The summed E-state index contributed by atoms with van der Waals surface area (Å²) in [6, 6.07) is 19.1. The van der Waals surface area contributed by atoms with Gasteiger partial charge in [-0.1, -0.05) is 95.5 Å². The van der Waals surface area contributed by atoms with Gasteiger partial charge in [-0.15, -0.1) is 0 Å². The van der Waals surface area contributed by atoms with E-state index < -0.39 is 0 Å². The van der Waals surface area contributed by atoms with E-state index in [0.717, 1.165) is 18.8 Å². The molecular formula is C32H43Cl2NO3Ru. The number of unbranched alkanes of at least 4 members (excludes halogenated alkanes) is 7. The third-order valence-corrected chi connectivity index (χ3v) is 5.96. The van der Waals surface area contributed by atoms with Crippen LogP contribution in [0.2, 0.25) is 0 Å². The molecule has 0 aliphatic rings. The van der Waals surface area contributed by atoms with Crippen molar-refractivity contribution in [2.24, 2.45) is 0 Å². The number of aromatic nitrogens is 1. The van der Waals surface area contributed by atoms with Crippen molar-refractivity contribution >= 4 is 25.4 Å². The summed E-state index contributed by atoms with van der Waals surface area (Å²) in [6.07, 6.45) is 13.4. The van der Waals surface area contributed by atoms with Gasteiger partial charge >= 0.3 is 40.5 Å². The van der Waals surface area contributed by atoms with Crippen molar-refractivity contribution in [3.05, 3.63) is 89.7 Å². The first kappa shape index (κ1) is 35.1. The number of esters is 1. The Hall–Kier alpha value is -1.94. The number of carbonyl (C=O) groups excluding carboxylic acids is 1. The molecule has 0 atom stereocenters. The van der Waals surface area contributed by atoms with Gasteiger partial charge in [0.25, 0.3) is 0 Å². The van der Waals surface area contributed by atoms with Crippen LogP contribution in [-0.4, -0.2) is 17.6 Å². The van der Waals surface area contributed by atoms with Crippen LogP contribution in [0, 0.1) is 6.92 Å². The monoisotopic (exact) mass is 661 g/mol. The minimum absolute atomic E-state index is 0.346. The van der Waals surface area contributed by atoms with Gasteiger partial charge in [0, 0.05) is 12.4 Å². The molecule has 1 heterocycles. The quantitative estimate of drug-likeness (QED) is 0.0792. The Morgan fingerprint density at radius 1 is 0.795 bits per heavy atom. The standard InChI is InChI=1S/C22H29NO3.C10H14.2ClH.Ru/c1-2-3-4-5-6-7-8-9-18-25-20-10-12-21(13-11-20)26-22(24)19-14-16-23-17-15-19;1-8(2)10-6-4-9(3)5-7-10;;;/h10-17H,2-9,18H2,1H3;4-8H,1-3H3;2*1H;/q;;;;+2/p-2. The van der Waals surface area contributed by atoms with E-state index in [1.807, 2.05) is 12.1 Å². The van der Waals surface area contributed by atoms with Crippen LogP contribution in [0.3, 0.4) is 0 Å². The van der Waals surface area contributed by atoms with E-state index in [2.05, 4.69) is 56.9 Å². The SMILES string of the molecule is CCCCCCCCCCOc1ccc(OC(=O)c2ccncc2)cc1.Cc1ccc(C(C)C)cc1.[Cl][Ru][Cl]. The van der Waals surface area contributed by atoms with Crippen LogP contribution in [0.15, 0.2) is 73.1 Å². The topological polar surface area (TPSA) is 48.4 Å². The molecule has 3 aromatic rings. The molecule has 0 aliphatic carbocycles. The number of ether oxygens (including phenoxy) is 2. The van der Waals surface area contributed by atoms with Crippen molar-refractivity contribution in [3.8, 4) is 11.5 Å². The fourth-order valence-corrected chi connectivity index (χ4v) is 3.64. The Labute approximate surface area is 251 Å². The molecule has 0 radical (unpaired) electrons. The summed E-state index contributed by atoms with van der Waals surface area (Å²) in [5.74, 6) is 1.57. The second-order valence-electron chi connectivity index (χ2n) is 9.54. The van der Waals surface area contributed by atoms with Crippen LogP contribution in [0.25, 0.3) is 0 Å². The molecule has 0 spiro atoms. The zero-order chi connectivity index (χ0) is 28.7. The zero-order valence-electron chi connectivity index (χ0n) is 23.7. The van der Waals surface area contributed by atoms with Gasteiger partial charge in [0.05, 0.1) is 12.2 Å². The second-order valence-corrected chi connectivity index (χ2v) is 12.2. The summed E-state index contributed by atoms with van der Waals surface area (Å²) in [7, 11) is 9.71. The summed E-state index contributed by atoms with van der Waals surface area (Å²) in [5, 5.41) is 0. The van der Waals surface area contributed by atoms with Gasteiger partial charge < -0.3 is 9.47 Å². The second kappa shape index (κ2) is 22.8. The molecule has 0 saturated heterocycles. The van der Waals surface area contributed by atoms with Gasteiger partial charge in [0.15, 0.2) is 0 Å². The van der Waals surface area contributed by atoms with Crippen LogP contribution in [0.1, 0.15) is 99.5 Å². The molecule has 0 bridgehead atoms. The molecule has 0 aliphatic heterocycles. The van der Waals surface area contributed by atoms with Crippen LogP contribution in [0.4, 0.5) is 0 Å². The molecule has 0 unspecified atom stereocenters. The Bertz CT molecular complexity index is 1000. The summed E-state index contributed by atoms with van der Waals surface area (Å²) in [6.45, 7) is 9.51. The first-order valence-electron chi connectivity index (χ1n) is 13.7. The molecule has 7 heteroatoms. The van der Waals surface area contributed by atoms with E-state index in [0.29, 0.717) is 17.2 Å². The van der Waals surface area contributed by atoms with E-state index >= 15 is 0 Å². The van der Waals surface area contributed by atoms with Crippen molar-refractivity contribution in [1.29, 1.82) is 0 Å². The molecule has 0 fully saturated rings. The van der Waals surface area contributed by atoms with Crippen LogP contribution >= 0.6 is 19.4 Å². The minimum atomic E-state index is -0.389. The Kier molecular flexibility index (Phi) is 20.5. The molecule has 2 aromatic carbocycles. The predicted molar refractivity (Wildman–Crippen MR) is 161 cm³/mol. The van der Waals surface area contributed by atoms with Crippen molar-refractivity contribution in [2.75, 3.05) is 6.61 Å². The predicted octanol–water partition coefficient (Wildman–Crippen LogP) is 10.3. The number of pyridine rings is 1. The van der Waals surface area contributed by atoms with E-state index in [-0.39, 0.29) is 21.1 Å². The number of nitrogens with zero attached hydrogens (tertiary/aromatic N) is 1. The number of halogens is 2. The summed E-state index contributed by atoms with van der Waals surface area (Å²) >= 11 is -0.346. The van der Waals surface area contributed by atoms with E-state index in [1.165, 1.54) is 56.1 Å². The van der Waals surface area contributed by atoms with Gasteiger partial charge in [-0.3, -0.25) is 4.98 Å². The summed E-state index contributed by atoms with van der Waals surface area (Å²) in [5.41, 5.74) is 3.24. The molecule has 0 saturated carbocycles. The van der Waals surface area contributed by atoms with Gasteiger partial charge in [-0.2, -0.15) is 0 Å². The summed E-state index contributed by atoms with van der Waals surface area (Å²) < 4.78 is 11.1. The third-order valence-electron chi connectivity index (χ3n) is 5.96. The van der Waals surface area contributed by atoms with Gasteiger partial charge in [-0.25, -0.2) is 4.79 Å². The molecule has 4 nitrogen and oxygen atoms in total. The molecule has 39 heavy (non-hydrogen) atoms. The van der Waals surface area contributed by atoms with Crippen LogP contribution < -0.4 is 9.47 Å². The first-order chi connectivity index (χ1) is 18.9. The average molecular weight is 662 g/mol. The van der Waals surface area contributed by atoms with Gasteiger partial charge in [0.1, 0.15) is 11.5 Å². The number of rotatable bonds is 13. The van der Waals surface area contributed by atoms with Crippen molar-refractivity contribution in [3.63, 3.8) is 0 Å². The molecular weight excluding hydrogens is 618 g/mol. The number of aryl methyl sites for hydroxylation is 1. The Morgan fingerprint density at radius 2 is 1.31 bits per heavy atom. The Morgan fingerprint density at radius 3 is 1.85 bits per heavy atom. The van der Waals surface area contributed by atoms with Crippen LogP contribution in [0.5, 0.6) is 11.5 Å². The number of hydrogen-bond donors (Lipinski definition) is 0. The van der Waals surface area contributed by atoms with E-state index in [9.17, 15) is 4.79 Å². The summed E-state index contributed by atoms with van der Waals surface area (Å²) in [4.78, 5) is 15.9. The molecule has 0 amide bonds. The molecule has 3 rings (SSSR count). The molecule has 0 N–H and O–H groups in total. The average Bonchev–Trinajstić information content (AvgIpc) is 2.94. The Balaban J connectivity index is 0.000000483. The maximum absolute atomic E-state index is 12.0. The first-order valence-corrected chi connectivity index (χ1v) is 18.2. The normalized spacial score (nSPS) is 10.2. The third kappa shape index (κ3) is 17.4. The van der Waals surface area contributed by atoms with E-state index in [4.69, 9.17) is 28.9 Å². The fraction of sp³-hybridized carbons (Fsp3) is 0.438. The van der Waals surface area contributed by atoms with E-state index in [1.54, 1.807) is 36.7 Å². The van der Waals surface area contributed by atoms with Gasteiger partial charge in [0.2, 0.25) is 0 Å². The van der Waals surface area contributed by atoms with Crippen molar-refractivity contribution < 1.29 is 29.4 Å². The number of carbonyl (C=O) groups is 1. The molecule has 1 aromatic heterocycles. The number of hydrogen-bond acceptors (Lipinski definition) is 4.